The average molecular weight is 296 g/mol. The van der Waals surface area contributed by atoms with Gasteiger partial charge in [0.1, 0.15) is 11.5 Å². The Bertz CT molecular complexity index is 604. The summed E-state index contributed by atoms with van der Waals surface area (Å²) in [7, 11) is 0. The van der Waals surface area contributed by atoms with Gasteiger partial charge in [0.2, 0.25) is 0 Å². The molecule has 2 rings (SSSR count). The Kier molecular flexibility index (Phi) is 6.18. The van der Waals surface area contributed by atoms with Crippen molar-refractivity contribution >= 4 is 11.4 Å². The summed E-state index contributed by atoms with van der Waals surface area (Å²) in [4.78, 5) is 0. The molecule has 114 valence electrons. The lowest BCUT2D eigenvalue weighted by atomic mass is 10.3. The van der Waals surface area contributed by atoms with E-state index in [2.05, 4.69) is 16.8 Å². The quantitative estimate of drug-likeness (QED) is 0.369. The third-order valence-electron chi connectivity index (χ3n) is 2.86. The third-order valence-corrected chi connectivity index (χ3v) is 2.86. The molecule has 2 aromatic carbocycles. The van der Waals surface area contributed by atoms with Gasteiger partial charge in [-0.2, -0.15) is 10.2 Å². The minimum atomic E-state index is 0.635. The zero-order valence-electron chi connectivity index (χ0n) is 12.7. The van der Waals surface area contributed by atoms with E-state index in [1.807, 2.05) is 61.5 Å². The summed E-state index contributed by atoms with van der Waals surface area (Å²) in [5, 5.41) is 8.40. The monoisotopic (exact) mass is 296 g/mol. The fourth-order valence-electron chi connectivity index (χ4n) is 1.76. The van der Waals surface area contributed by atoms with Gasteiger partial charge in [-0.25, -0.2) is 0 Å². The first-order valence-electron chi connectivity index (χ1n) is 7.30. The lowest BCUT2D eigenvalue weighted by molar-refractivity contribution is 0.325. The van der Waals surface area contributed by atoms with Crippen molar-refractivity contribution in [3.05, 3.63) is 61.2 Å². The van der Waals surface area contributed by atoms with Gasteiger partial charge in [0, 0.05) is 0 Å². The maximum Gasteiger partial charge on any atom is 0.119 e. The normalized spacial score (nSPS) is 10.6. The van der Waals surface area contributed by atoms with Gasteiger partial charge in [-0.1, -0.05) is 6.08 Å². The molecule has 0 atom stereocenters. The van der Waals surface area contributed by atoms with E-state index in [1.54, 1.807) is 0 Å². The smallest absolute Gasteiger partial charge is 0.119 e. The van der Waals surface area contributed by atoms with Crippen LogP contribution >= 0.6 is 0 Å². The molecule has 0 bridgehead atoms. The molecule has 0 amide bonds. The Morgan fingerprint density at radius 3 is 1.82 bits per heavy atom. The number of hydrogen-bond acceptors (Lipinski definition) is 4. The van der Waals surface area contributed by atoms with Crippen molar-refractivity contribution in [1.82, 2.24) is 0 Å². The number of azo groups is 1. The van der Waals surface area contributed by atoms with Crippen molar-refractivity contribution in [2.24, 2.45) is 10.2 Å². The van der Waals surface area contributed by atoms with Gasteiger partial charge < -0.3 is 9.47 Å². The van der Waals surface area contributed by atoms with E-state index in [0.29, 0.717) is 13.2 Å². The van der Waals surface area contributed by atoms with Crippen molar-refractivity contribution in [3.63, 3.8) is 0 Å². The molecule has 0 aliphatic rings. The van der Waals surface area contributed by atoms with Crippen LogP contribution in [-0.4, -0.2) is 13.2 Å². The van der Waals surface area contributed by atoms with E-state index in [0.717, 1.165) is 29.3 Å². The highest BCUT2D eigenvalue weighted by Gasteiger charge is 1.96. The van der Waals surface area contributed by atoms with Crippen molar-refractivity contribution < 1.29 is 9.47 Å². The van der Waals surface area contributed by atoms with E-state index in [4.69, 9.17) is 9.47 Å². The first-order chi connectivity index (χ1) is 10.8. The fourth-order valence-corrected chi connectivity index (χ4v) is 1.76. The molecular formula is C18H20N2O2. The Hall–Kier alpha value is -2.62. The van der Waals surface area contributed by atoms with Crippen LogP contribution in [0.15, 0.2) is 71.4 Å². The van der Waals surface area contributed by atoms with Gasteiger partial charge in [0.25, 0.3) is 0 Å². The fraction of sp³-hybridized carbons (Fsp3) is 0.222. The molecule has 22 heavy (non-hydrogen) atoms. The summed E-state index contributed by atoms with van der Waals surface area (Å²) in [5.74, 6) is 1.66. The largest absolute Gasteiger partial charge is 0.494 e. The molecule has 0 spiro atoms. The minimum Gasteiger partial charge on any atom is -0.494 e. The molecule has 4 nitrogen and oxygen atoms in total. The second kappa shape index (κ2) is 8.62. The van der Waals surface area contributed by atoms with E-state index >= 15 is 0 Å². The van der Waals surface area contributed by atoms with Crippen LogP contribution < -0.4 is 9.47 Å². The number of ether oxygens (including phenoxy) is 2. The summed E-state index contributed by atoms with van der Waals surface area (Å²) in [6.07, 6.45) is 2.67. The Morgan fingerprint density at radius 1 is 0.864 bits per heavy atom. The molecule has 0 aliphatic heterocycles. The third kappa shape index (κ3) is 5.05. The van der Waals surface area contributed by atoms with Crippen LogP contribution in [0, 0.1) is 0 Å². The summed E-state index contributed by atoms with van der Waals surface area (Å²) in [6, 6.07) is 15.0. The summed E-state index contributed by atoms with van der Waals surface area (Å²) < 4.78 is 10.9. The molecule has 0 aromatic heterocycles. The lowest BCUT2D eigenvalue weighted by Crippen LogP contribution is -1.94. The van der Waals surface area contributed by atoms with Gasteiger partial charge >= 0.3 is 0 Å². The molecule has 0 fully saturated rings. The zero-order valence-corrected chi connectivity index (χ0v) is 12.7. The second-order valence-electron chi connectivity index (χ2n) is 4.55. The molecule has 0 radical (unpaired) electrons. The van der Waals surface area contributed by atoms with Crippen molar-refractivity contribution in [3.8, 4) is 11.5 Å². The number of benzene rings is 2. The van der Waals surface area contributed by atoms with Crippen LogP contribution in [0.3, 0.4) is 0 Å². The van der Waals surface area contributed by atoms with Crippen LogP contribution in [0.2, 0.25) is 0 Å². The highest BCUT2D eigenvalue weighted by molar-refractivity contribution is 5.44. The van der Waals surface area contributed by atoms with E-state index in [9.17, 15) is 0 Å². The van der Waals surface area contributed by atoms with Gasteiger partial charge in [-0.3, -0.25) is 0 Å². The predicted octanol–water partition coefficient (Wildman–Crippen LogP) is 5.46. The Labute approximate surface area is 131 Å². The van der Waals surface area contributed by atoms with Gasteiger partial charge in [0.05, 0.1) is 24.6 Å². The molecule has 0 saturated heterocycles. The molecule has 0 N–H and O–H groups in total. The van der Waals surface area contributed by atoms with Crippen LogP contribution in [0.25, 0.3) is 0 Å². The maximum atomic E-state index is 5.54. The van der Waals surface area contributed by atoms with Crippen LogP contribution in [0.4, 0.5) is 11.4 Å². The SMILES string of the molecule is C=CCCOc1ccc(N=Nc2ccc(OCC)cc2)cc1. The van der Waals surface area contributed by atoms with Gasteiger partial charge in [0.15, 0.2) is 0 Å². The molecule has 0 unspecified atom stereocenters. The Morgan fingerprint density at radius 2 is 1.36 bits per heavy atom. The average Bonchev–Trinajstić information content (AvgIpc) is 2.56. The van der Waals surface area contributed by atoms with Crippen molar-refractivity contribution in [1.29, 1.82) is 0 Å². The first kappa shape index (κ1) is 15.8. The van der Waals surface area contributed by atoms with Crippen LogP contribution in [0.1, 0.15) is 13.3 Å². The number of nitrogens with zero attached hydrogens (tertiary/aromatic N) is 2. The zero-order chi connectivity index (χ0) is 15.6. The summed E-state index contributed by atoms with van der Waals surface area (Å²) >= 11 is 0. The number of hydrogen-bond donors (Lipinski definition) is 0. The maximum absolute atomic E-state index is 5.54. The first-order valence-corrected chi connectivity index (χ1v) is 7.30. The van der Waals surface area contributed by atoms with Crippen LogP contribution in [0.5, 0.6) is 11.5 Å². The van der Waals surface area contributed by atoms with Gasteiger partial charge in [-0.15, -0.1) is 6.58 Å². The minimum absolute atomic E-state index is 0.635. The number of rotatable bonds is 8. The summed E-state index contributed by atoms with van der Waals surface area (Å²) in [6.45, 7) is 6.91. The van der Waals surface area contributed by atoms with E-state index in [1.165, 1.54) is 0 Å². The molecule has 4 heteroatoms. The standard InChI is InChI=1S/C18H20N2O2/c1-3-5-14-22-18-12-8-16(9-13-18)20-19-15-6-10-17(11-7-15)21-4-2/h3,6-13H,1,4-5,14H2,2H3. The highest BCUT2D eigenvalue weighted by Crippen LogP contribution is 2.23. The molecule has 0 saturated carbocycles. The lowest BCUT2D eigenvalue weighted by Gasteiger charge is -2.04. The van der Waals surface area contributed by atoms with E-state index in [-0.39, 0.29) is 0 Å². The topological polar surface area (TPSA) is 43.2 Å². The van der Waals surface area contributed by atoms with Crippen LogP contribution in [-0.2, 0) is 0 Å². The van der Waals surface area contributed by atoms with E-state index < -0.39 is 0 Å². The predicted molar refractivity (Wildman–Crippen MR) is 88.5 cm³/mol. The highest BCUT2D eigenvalue weighted by atomic mass is 16.5. The molecule has 0 heterocycles. The van der Waals surface area contributed by atoms with Crippen molar-refractivity contribution in [2.45, 2.75) is 13.3 Å². The molecular weight excluding hydrogens is 276 g/mol. The Balaban J connectivity index is 1.93. The molecule has 0 aliphatic carbocycles. The second-order valence-corrected chi connectivity index (χ2v) is 4.55. The van der Waals surface area contributed by atoms with Crippen molar-refractivity contribution in [2.75, 3.05) is 13.2 Å². The summed E-state index contributed by atoms with van der Waals surface area (Å²) in [5.41, 5.74) is 1.57. The van der Waals surface area contributed by atoms with Gasteiger partial charge in [-0.05, 0) is 61.9 Å². The molecule has 2 aromatic rings.